The largest absolute Gasteiger partial charge is 0.399 e. The highest BCUT2D eigenvalue weighted by molar-refractivity contribution is 7.14. The van der Waals surface area contributed by atoms with Crippen molar-refractivity contribution < 1.29 is 18.0 Å². The van der Waals surface area contributed by atoms with Gasteiger partial charge in [0.25, 0.3) is 0 Å². The topological polar surface area (TPSA) is 17.1 Å². The van der Waals surface area contributed by atoms with Gasteiger partial charge in [0.2, 0.25) is 0 Å². The first-order valence-corrected chi connectivity index (χ1v) is 5.36. The molecule has 1 saturated carbocycles. The summed E-state index contributed by atoms with van der Waals surface area (Å²) in [4.78, 5) is 11.7. The van der Waals surface area contributed by atoms with Gasteiger partial charge in [-0.1, -0.05) is 0 Å². The summed E-state index contributed by atoms with van der Waals surface area (Å²) in [7, 11) is 0. The molecule has 0 amide bonds. The molecule has 5 heteroatoms. The molecule has 1 nitrogen and oxygen atoms in total. The Hall–Kier alpha value is -0.840. The smallest absolute Gasteiger partial charge is 0.294 e. The van der Waals surface area contributed by atoms with Gasteiger partial charge in [0.1, 0.15) is 5.41 Å². The van der Waals surface area contributed by atoms with E-state index in [1.165, 1.54) is 19.1 Å². The van der Waals surface area contributed by atoms with Gasteiger partial charge < -0.3 is 0 Å². The molecule has 0 spiro atoms. The predicted octanol–water partition coefficient (Wildman–Crippen LogP) is 3.54. The summed E-state index contributed by atoms with van der Waals surface area (Å²) < 4.78 is 38.1. The third kappa shape index (κ3) is 1.58. The average molecular weight is 234 g/mol. The van der Waals surface area contributed by atoms with Crippen LogP contribution in [0.3, 0.4) is 0 Å². The second-order valence-corrected chi connectivity index (χ2v) is 4.88. The van der Waals surface area contributed by atoms with Crippen molar-refractivity contribution in [3.8, 4) is 0 Å². The third-order valence-electron chi connectivity index (χ3n) is 2.72. The highest BCUT2D eigenvalue weighted by Gasteiger charge is 2.64. The number of carbonyl (C=O) groups excluding carboxylic acids is 1. The van der Waals surface area contributed by atoms with Crippen molar-refractivity contribution in [2.75, 3.05) is 0 Å². The number of carbonyl (C=O) groups is 1. The summed E-state index contributed by atoms with van der Waals surface area (Å²) in [5.74, 6) is -0.177. The van der Waals surface area contributed by atoms with E-state index in [4.69, 9.17) is 0 Å². The summed E-state index contributed by atoms with van der Waals surface area (Å²) >= 11 is 0.968. The molecule has 1 aliphatic carbocycles. The van der Waals surface area contributed by atoms with Gasteiger partial charge in [0.15, 0.2) is 5.78 Å². The number of halogens is 3. The lowest BCUT2D eigenvalue weighted by Crippen LogP contribution is -2.27. The highest BCUT2D eigenvalue weighted by Crippen LogP contribution is 2.60. The minimum atomic E-state index is -4.19. The molecule has 0 unspecified atom stereocenters. The van der Waals surface area contributed by atoms with Gasteiger partial charge in [-0.2, -0.15) is 13.2 Å². The maximum Gasteiger partial charge on any atom is 0.399 e. The lowest BCUT2D eigenvalue weighted by molar-refractivity contribution is -0.159. The molecule has 1 fully saturated rings. The van der Waals surface area contributed by atoms with Gasteiger partial charge >= 0.3 is 6.18 Å². The van der Waals surface area contributed by atoms with E-state index in [0.717, 1.165) is 11.3 Å². The van der Waals surface area contributed by atoms with Crippen molar-refractivity contribution in [1.82, 2.24) is 0 Å². The Balaban J connectivity index is 2.35. The van der Waals surface area contributed by atoms with Gasteiger partial charge in [-0.05, 0) is 31.9 Å². The number of ketones is 1. The summed E-state index contributed by atoms with van der Waals surface area (Å²) in [5.41, 5.74) is -1.65. The van der Waals surface area contributed by atoms with Crippen molar-refractivity contribution in [3.63, 3.8) is 0 Å². The first kappa shape index (κ1) is 10.7. The summed E-state index contributed by atoms with van der Waals surface area (Å²) in [5, 5.41) is 0. The van der Waals surface area contributed by atoms with Crippen molar-refractivity contribution in [2.45, 2.75) is 31.4 Å². The highest BCUT2D eigenvalue weighted by atomic mass is 32.1. The van der Waals surface area contributed by atoms with Crippen LogP contribution in [-0.4, -0.2) is 12.0 Å². The molecule has 0 aliphatic heterocycles. The Bertz CT molecular complexity index is 401. The molecule has 0 atom stereocenters. The van der Waals surface area contributed by atoms with E-state index >= 15 is 0 Å². The van der Waals surface area contributed by atoms with Crippen LogP contribution in [0.1, 0.15) is 34.3 Å². The Morgan fingerprint density at radius 3 is 2.33 bits per heavy atom. The van der Waals surface area contributed by atoms with Gasteiger partial charge in [0.05, 0.1) is 4.88 Å². The zero-order chi connectivity index (χ0) is 11.3. The van der Waals surface area contributed by atoms with E-state index in [9.17, 15) is 18.0 Å². The zero-order valence-electron chi connectivity index (χ0n) is 8.02. The Kier molecular flexibility index (Phi) is 2.19. The molecule has 82 valence electrons. The average Bonchev–Trinajstić information content (AvgIpc) is 2.77. The van der Waals surface area contributed by atoms with Crippen molar-refractivity contribution in [2.24, 2.45) is 0 Å². The Morgan fingerprint density at radius 1 is 1.40 bits per heavy atom. The van der Waals surface area contributed by atoms with Crippen molar-refractivity contribution >= 4 is 17.1 Å². The fourth-order valence-corrected chi connectivity index (χ4v) is 2.75. The lowest BCUT2D eigenvalue weighted by atomic mass is 10.1. The summed E-state index contributed by atoms with van der Waals surface area (Å²) in [6, 6.07) is 2.91. The molecule has 0 saturated heterocycles. The van der Waals surface area contributed by atoms with Crippen molar-refractivity contribution in [1.29, 1.82) is 0 Å². The van der Waals surface area contributed by atoms with E-state index in [2.05, 4.69) is 0 Å². The minimum Gasteiger partial charge on any atom is -0.294 e. The molecule has 0 N–H and O–H groups in total. The standard InChI is InChI=1S/C10H9F3OS/c1-6(14)7-2-3-8(15-7)9(4-5-9)10(11,12)13/h2-3H,4-5H2,1H3. The van der Waals surface area contributed by atoms with E-state index in [1.807, 2.05) is 0 Å². The molecule has 1 aliphatic rings. The van der Waals surface area contributed by atoms with Gasteiger partial charge in [-0.15, -0.1) is 11.3 Å². The first-order chi connectivity index (χ1) is 6.87. The molecule has 1 aromatic heterocycles. The first-order valence-electron chi connectivity index (χ1n) is 4.55. The van der Waals surface area contributed by atoms with Gasteiger partial charge in [-0.25, -0.2) is 0 Å². The quantitative estimate of drug-likeness (QED) is 0.715. The van der Waals surface area contributed by atoms with E-state index < -0.39 is 11.6 Å². The zero-order valence-corrected chi connectivity index (χ0v) is 8.84. The molecule has 0 aromatic carbocycles. The van der Waals surface area contributed by atoms with Crippen LogP contribution >= 0.6 is 11.3 Å². The number of rotatable bonds is 2. The van der Waals surface area contributed by atoms with E-state index in [1.54, 1.807) is 0 Å². The molecule has 15 heavy (non-hydrogen) atoms. The normalized spacial score (nSPS) is 18.9. The summed E-state index contributed by atoms with van der Waals surface area (Å²) in [6.45, 7) is 1.36. The van der Waals surface area contributed by atoms with Gasteiger partial charge in [0, 0.05) is 4.88 Å². The Labute approximate surface area is 88.9 Å². The molecule has 1 heterocycles. The molecular weight excluding hydrogens is 225 g/mol. The lowest BCUT2D eigenvalue weighted by Gasteiger charge is -2.17. The monoisotopic (exact) mass is 234 g/mol. The second-order valence-electron chi connectivity index (χ2n) is 3.80. The van der Waals surface area contributed by atoms with Crippen LogP contribution in [0.25, 0.3) is 0 Å². The van der Waals surface area contributed by atoms with E-state index in [0.29, 0.717) is 4.88 Å². The minimum absolute atomic E-state index is 0.147. The second kappa shape index (κ2) is 3.07. The Morgan fingerprint density at radius 2 is 2.00 bits per heavy atom. The van der Waals surface area contributed by atoms with Crippen LogP contribution in [0.2, 0.25) is 0 Å². The SMILES string of the molecule is CC(=O)c1ccc(C2(C(F)(F)F)CC2)s1. The molecular formula is C10H9F3OS. The fraction of sp³-hybridized carbons (Fsp3) is 0.500. The van der Waals surface area contributed by atoms with Crippen molar-refractivity contribution in [3.05, 3.63) is 21.9 Å². The van der Waals surface area contributed by atoms with Crippen LogP contribution in [0.4, 0.5) is 13.2 Å². The predicted molar refractivity (Wildman–Crippen MR) is 51.3 cm³/mol. The van der Waals surface area contributed by atoms with Crippen LogP contribution in [0.15, 0.2) is 12.1 Å². The maximum atomic E-state index is 12.7. The molecule has 2 rings (SSSR count). The van der Waals surface area contributed by atoms with Gasteiger partial charge in [-0.3, -0.25) is 4.79 Å². The third-order valence-corrected chi connectivity index (χ3v) is 4.11. The molecule has 0 bridgehead atoms. The maximum absolute atomic E-state index is 12.7. The van der Waals surface area contributed by atoms with E-state index in [-0.39, 0.29) is 23.5 Å². The number of alkyl halides is 3. The van der Waals surface area contributed by atoms with Crippen LogP contribution in [0.5, 0.6) is 0 Å². The number of thiophene rings is 1. The number of Topliss-reactive ketones (excluding diaryl/α,β-unsaturated/α-hetero) is 1. The number of hydrogen-bond acceptors (Lipinski definition) is 2. The molecule has 1 aromatic rings. The molecule has 0 radical (unpaired) electrons. The van der Waals surface area contributed by atoms with Crippen LogP contribution in [-0.2, 0) is 5.41 Å². The van der Waals surface area contributed by atoms with Crippen LogP contribution < -0.4 is 0 Å². The summed E-state index contributed by atoms with van der Waals surface area (Å²) in [6.07, 6.45) is -3.89. The fourth-order valence-electron chi connectivity index (χ4n) is 1.58. The van der Waals surface area contributed by atoms with Crippen LogP contribution in [0, 0.1) is 0 Å². The number of hydrogen-bond donors (Lipinski definition) is 0.